The van der Waals surface area contributed by atoms with Crippen molar-refractivity contribution >= 4 is 5.91 Å². The minimum atomic E-state index is -1.31. The monoisotopic (exact) mass is 238 g/mol. The Balaban J connectivity index is 1.82. The first kappa shape index (κ1) is 12.0. The molecule has 0 bridgehead atoms. The van der Waals surface area contributed by atoms with Crippen LogP contribution in [0.25, 0.3) is 0 Å². The molecule has 1 aliphatic rings. The van der Waals surface area contributed by atoms with Crippen molar-refractivity contribution in [2.45, 2.75) is 25.1 Å². The standard InChI is InChI=1S/C12H15FN2O2/c13-10-7-15(8-11(10)16)12(17)2-1-9-3-5-14-6-4-9/h3-6,10-11,16H,1-2,7-8H2/t10-,11-/m1/s1. The summed E-state index contributed by atoms with van der Waals surface area (Å²) >= 11 is 0. The minimum Gasteiger partial charge on any atom is -0.388 e. The summed E-state index contributed by atoms with van der Waals surface area (Å²) in [5.74, 6) is -0.110. The number of carbonyl (C=O) groups excluding carboxylic acids is 1. The number of hydrogen-bond acceptors (Lipinski definition) is 3. The van der Waals surface area contributed by atoms with Crippen molar-refractivity contribution in [1.82, 2.24) is 9.88 Å². The molecule has 2 atom stereocenters. The van der Waals surface area contributed by atoms with Gasteiger partial charge in [0.25, 0.3) is 0 Å². The number of likely N-dealkylation sites (tertiary alicyclic amines) is 1. The van der Waals surface area contributed by atoms with Crippen molar-refractivity contribution in [3.8, 4) is 0 Å². The van der Waals surface area contributed by atoms with Gasteiger partial charge in [-0.3, -0.25) is 9.78 Å². The van der Waals surface area contributed by atoms with Crippen LogP contribution in [-0.2, 0) is 11.2 Å². The molecule has 1 saturated heterocycles. The summed E-state index contributed by atoms with van der Waals surface area (Å²) in [6, 6.07) is 3.70. The quantitative estimate of drug-likeness (QED) is 0.837. The number of aliphatic hydroxyl groups is 1. The molecule has 2 rings (SSSR count). The average molecular weight is 238 g/mol. The van der Waals surface area contributed by atoms with Gasteiger partial charge in [0.1, 0.15) is 12.3 Å². The molecule has 0 saturated carbocycles. The molecule has 1 aromatic rings. The number of alkyl halides is 1. The van der Waals surface area contributed by atoms with E-state index in [1.54, 1.807) is 12.4 Å². The number of hydrogen-bond donors (Lipinski definition) is 1. The van der Waals surface area contributed by atoms with Gasteiger partial charge in [-0.15, -0.1) is 0 Å². The second-order valence-electron chi connectivity index (χ2n) is 4.24. The molecular weight excluding hydrogens is 223 g/mol. The number of rotatable bonds is 3. The minimum absolute atomic E-state index is 0.0103. The van der Waals surface area contributed by atoms with Gasteiger partial charge in [-0.2, -0.15) is 0 Å². The van der Waals surface area contributed by atoms with Crippen molar-refractivity contribution in [3.05, 3.63) is 30.1 Å². The number of nitrogens with zero attached hydrogens (tertiary/aromatic N) is 2. The number of carbonyl (C=O) groups is 1. The summed E-state index contributed by atoms with van der Waals surface area (Å²) in [5.41, 5.74) is 1.03. The summed E-state index contributed by atoms with van der Waals surface area (Å²) in [5, 5.41) is 9.23. The zero-order valence-corrected chi connectivity index (χ0v) is 9.42. The van der Waals surface area contributed by atoms with Gasteiger partial charge in [0.15, 0.2) is 0 Å². The molecule has 4 nitrogen and oxygen atoms in total. The highest BCUT2D eigenvalue weighted by molar-refractivity contribution is 5.76. The molecule has 0 unspecified atom stereocenters. The number of aliphatic hydroxyl groups excluding tert-OH is 1. The Morgan fingerprint density at radius 1 is 1.47 bits per heavy atom. The predicted molar refractivity (Wildman–Crippen MR) is 60.0 cm³/mol. The van der Waals surface area contributed by atoms with Gasteiger partial charge in [-0.05, 0) is 24.1 Å². The molecule has 1 fully saturated rings. The number of amides is 1. The lowest BCUT2D eigenvalue weighted by molar-refractivity contribution is -0.130. The van der Waals surface area contributed by atoms with E-state index in [0.717, 1.165) is 5.56 Å². The molecule has 1 N–H and O–H groups in total. The lowest BCUT2D eigenvalue weighted by Gasteiger charge is -2.14. The van der Waals surface area contributed by atoms with Crippen LogP contribution in [0.5, 0.6) is 0 Å². The van der Waals surface area contributed by atoms with E-state index in [0.29, 0.717) is 12.8 Å². The summed E-state index contributed by atoms with van der Waals surface area (Å²) in [6.45, 7) is 0.118. The predicted octanol–water partition coefficient (Wildman–Crippen LogP) is 0.555. The highest BCUT2D eigenvalue weighted by atomic mass is 19.1. The molecule has 1 aromatic heterocycles. The lowest BCUT2D eigenvalue weighted by Crippen LogP contribution is -2.29. The van der Waals surface area contributed by atoms with Crippen LogP contribution in [-0.4, -0.2) is 46.3 Å². The van der Waals surface area contributed by atoms with Crippen molar-refractivity contribution in [2.75, 3.05) is 13.1 Å². The Hall–Kier alpha value is -1.49. The van der Waals surface area contributed by atoms with Crippen LogP contribution in [0.1, 0.15) is 12.0 Å². The van der Waals surface area contributed by atoms with E-state index < -0.39 is 12.3 Å². The van der Waals surface area contributed by atoms with E-state index in [4.69, 9.17) is 0 Å². The molecular formula is C12H15FN2O2. The smallest absolute Gasteiger partial charge is 0.223 e. The second-order valence-corrected chi connectivity index (χ2v) is 4.24. The van der Waals surface area contributed by atoms with Gasteiger partial charge in [0.2, 0.25) is 5.91 Å². The van der Waals surface area contributed by atoms with Gasteiger partial charge in [-0.25, -0.2) is 4.39 Å². The van der Waals surface area contributed by atoms with Crippen molar-refractivity contribution < 1.29 is 14.3 Å². The SMILES string of the molecule is O=C(CCc1ccncc1)N1C[C@@H](O)[C@H](F)C1. The number of halogens is 1. The number of aryl methyl sites for hydroxylation is 1. The van der Waals surface area contributed by atoms with Crippen LogP contribution >= 0.6 is 0 Å². The normalized spacial score (nSPS) is 24.0. The maximum absolute atomic E-state index is 13.0. The average Bonchev–Trinajstić information content (AvgIpc) is 2.68. The van der Waals surface area contributed by atoms with E-state index in [2.05, 4.69) is 4.98 Å². The van der Waals surface area contributed by atoms with Crippen LogP contribution in [0.15, 0.2) is 24.5 Å². The number of aromatic nitrogens is 1. The summed E-state index contributed by atoms with van der Waals surface area (Å²) < 4.78 is 13.0. The molecule has 1 aliphatic heterocycles. The number of β-amino-alcohol motifs (C(OH)–C–C–N with tert-alkyl or cyclic N) is 1. The Bertz CT molecular complexity index is 375. The zero-order chi connectivity index (χ0) is 12.3. The molecule has 2 heterocycles. The fourth-order valence-electron chi connectivity index (χ4n) is 1.91. The summed E-state index contributed by atoms with van der Waals surface area (Å²) in [7, 11) is 0. The maximum Gasteiger partial charge on any atom is 0.223 e. The van der Waals surface area contributed by atoms with Crippen LogP contribution in [0, 0.1) is 0 Å². The third-order valence-electron chi connectivity index (χ3n) is 2.95. The van der Waals surface area contributed by atoms with Gasteiger partial charge >= 0.3 is 0 Å². The van der Waals surface area contributed by atoms with E-state index >= 15 is 0 Å². The van der Waals surface area contributed by atoms with E-state index in [9.17, 15) is 14.3 Å². The topological polar surface area (TPSA) is 53.4 Å². The van der Waals surface area contributed by atoms with Crippen molar-refractivity contribution in [2.24, 2.45) is 0 Å². The molecule has 0 aliphatic carbocycles. The van der Waals surface area contributed by atoms with Crippen LogP contribution < -0.4 is 0 Å². The van der Waals surface area contributed by atoms with Gasteiger partial charge < -0.3 is 10.0 Å². The second kappa shape index (κ2) is 5.23. The third-order valence-corrected chi connectivity index (χ3v) is 2.95. The van der Waals surface area contributed by atoms with Crippen LogP contribution in [0.4, 0.5) is 4.39 Å². The molecule has 0 spiro atoms. The molecule has 5 heteroatoms. The number of pyridine rings is 1. The molecule has 17 heavy (non-hydrogen) atoms. The third kappa shape index (κ3) is 3.00. The fourth-order valence-corrected chi connectivity index (χ4v) is 1.91. The van der Waals surface area contributed by atoms with Crippen LogP contribution in [0.2, 0.25) is 0 Å². The fraction of sp³-hybridized carbons (Fsp3) is 0.500. The first-order valence-corrected chi connectivity index (χ1v) is 5.65. The first-order valence-electron chi connectivity index (χ1n) is 5.65. The molecule has 92 valence electrons. The lowest BCUT2D eigenvalue weighted by atomic mass is 10.1. The van der Waals surface area contributed by atoms with Crippen molar-refractivity contribution in [3.63, 3.8) is 0 Å². The van der Waals surface area contributed by atoms with E-state index in [1.165, 1.54) is 4.90 Å². The van der Waals surface area contributed by atoms with E-state index in [-0.39, 0.29) is 19.0 Å². The highest BCUT2D eigenvalue weighted by Gasteiger charge is 2.33. The summed E-state index contributed by atoms with van der Waals surface area (Å²) in [4.78, 5) is 17.0. The largest absolute Gasteiger partial charge is 0.388 e. The molecule has 0 radical (unpaired) electrons. The highest BCUT2D eigenvalue weighted by Crippen LogP contribution is 2.15. The van der Waals surface area contributed by atoms with Gasteiger partial charge in [-0.1, -0.05) is 0 Å². The van der Waals surface area contributed by atoms with Crippen LogP contribution in [0.3, 0.4) is 0 Å². The molecule has 0 aromatic carbocycles. The first-order chi connectivity index (χ1) is 8.16. The Kier molecular flexibility index (Phi) is 3.68. The van der Waals surface area contributed by atoms with Gasteiger partial charge in [0.05, 0.1) is 6.54 Å². The Morgan fingerprint density at radius 2 is 2.18 bits per heavy atom. The Morgan fingerprint density at radius 3 is 2.76 bits per heavy atom. The van der Waals surface area contributed by atoms with Crippen molar-refractivity contribution in [1.29, 1.82) is 0 Å². The summed E-state index contributed by atoms with van der Waals surface area (Å²) in [6.07, 6.45) is 1.97. The Labute approximate surface area is 99.1 Å². The maximum atomic E-state index is 13.0. The molecule has 1 amide bonds. The van der Waals surface area contributed by atoms with E-state index in [1.807, 2.05) is 12.1 Å². The van der Waals surface area contributed by atoms with Gasteiger partial charge in [0, 0.05) is 25.4 Å². The zero-order valence-electron chi connectivity index (χ0n) is 9.42.